The van der Waals surface area contributed by atoms with Crippen LogP contribution in [0.5, 0.6) is 11.5 Å². The average Bonchev–Trinajstić information content (AvgIpc) is 3.08. The Morgan fingerprint density at radius 3 is 2.59 bits per heavy atom. The Balaban J connectivity index is 1.65. The Kier molecular flexibility index (Phi) is 4.07. The molecule has 1 aliphatic rings. The highest BCUT2D eigenvalue weighted by molar-refractivity contribution is 6.14. The number of aromatic nitrogens is 2. The molecule has 2 aromatic carbocycles. The van der Waals surface area contributed by atoms with Gasteiger partial charge in [0.1, 0.15) is 11.5 Å². The molecule has 5 heteroatoms. The van der Waals surface area contributed by atoms with Crippen molar-refractivity contribution in [3.05, 3.63) is 81.9 Å². The number of ketones is 1. The standard InChI is InChI=1S/C22H20N2O3/c1-13-4-6-16(7-5-13)12-24-15(3)19(14(2)23-24)11-21-22(26)18-9-8-17(25)10-20(18)27-21/h4-11,25H,12H2,1-3H3/b21-11-. The number of allylic oxidation sites excluding steroid dienone is 1. The molecule has 4 rings (SSSR count). The summed E-state index contributed by atoms with van der Waals surface area (Å²) in [5.41, 5.74) is 5.53. The molecule has 2 heterocycles. The van der Waals surface area contributed by atoms with Crippen LogP contribution in [0.4, 0.5) is 0 Å². The lowest BCUT2D eigenvalue weighted by Crippen LogP contribution is -2.04. The summed E-state index contributed by atoms with van der Waals surface area (Å²) in [6, 6.07) is 12.9. The molecule has 1 aromatic heterocycles. The molecule has 136 valence electrons. The monoisotopic (exact) mass is 360 g/mol. The number of aromatic hydroxyl groups is 1. The molecule has 0 aliphatic carbocycles. The third-order valence-electron chi connectivity index (χ3n) is 4.82. The van der Waals surface area contributed by atoms with E-state index >= 15 is 0 Å². The maximum atomic E-state index is 12.6. The maximum Gasteiger partial charge on any atom is 0.231 e. The van der Waals surface area contributed by atoms with Crippen LogP contribution in [0.2, 0.25) is 0 Å². The molecule has 5 nitrogen and oxygen atoms in total. The second-order valence-corrected chi connectivity index (χ2v) is 6.85. The molecule has 0 radical (unpaired) electrons. The summed E-state index contributed by atoms with van der Waals surface area (Å²) in [6.45, 7) is 6.63. The predicted octanol–water partition coefficient (Wildman–Crippen LogP) is 4.18. The van der Waals surface area contributed by atoms with Gasteiger partial charge in [-0.3, -0.25) is 9.48 Å². The van der Waals surface area contributed by atoms with Crippen LogP contribution < -0.4 is 4.74 Å². The van der Waals surface area contributed by atoms with Crippen molar-refractivity contribution in [1.82, 2.24) is 9.78 Å². The van der Waals surface area contributed by atoms with E-state index in [4.69, 9.17) is 4.74 Å². The Morgan fingerprint density at radius 1 is 1.11 bits per heavy atom. The normalized spacial score (nSPS) is 14.5. The van der Waals surface area contributed by atoms with E-state index in [0.717, 1.165) is 17.0 Å². The van der Waals surface area contributed by atoms with Crippen LogP contribution in [0.25, 0.3) is 6.08 Å². The third-order valence-corrected chi connectivity index (χ3v) is 4.82. The van der Waals surface area contributed by atoms with E-state index in [9.17, 15) is 9.90 Å². The smallest absolute Gasteiger partial charge is 0.231 e. The van der Waals surface area contributed by atoms with Crippen molar-refractivity contribution >= 4 is 11.9 Å². The summed E-state index contributed by atoms with van der Waals surface area (Å²) in [4.78, 5) is 12.6. The van der Waals surface area contributed by atoms with Crippen molar-refractivity contribution in [2.45, 2.75) is 27.3 Å². The molecule has 0 unspecified atom stereocenters. The maximum absolute atomic E-state index is 12.6. The van der Waals surface area contributed by atoms with Crippen molar-refractivity contribution in [2.24, 2.45) is 0 Å². The minimum absolute atomic E-state index is 0.0704. The first-order valence-corrected chi connectivity index (χ1v) is 8.79. The van der Waals surface area contributed by atoms with Gasteiger partial charge >= 0.3 is 0 Å². The molecule has 1 aliphatic heterocycles. The molecular weight excluding hydrogens is 340 g/mol. The Hall–Kier alpha value is -3.34. The van der Waals surface area contributed by atoms with E-state index in [1.165, 1.54) is 23.3 Å². The van der Waals surface area contributed by atoms with Crippen LogP contribution >= 0.6 is 0 Å². The molecule has 0 spiro atoms. The van der Waals surface area contributed by atoms with E-state index in [-0.39, 0.29) is 17.3 Å². The number of rotatable bonds is 3. The Bertz CT molecular complexity index is 1080. The first kappa shape index (κ1) is 17.1. The van der Waals surface area contributed by atoms with Gasteiger partial charge in [-0.1, -0.05) is 29.8 Å². The fourth-order valence-electron chi connectivity index (χ4n) is 3.25. The molecule has 3 aromatic rings. The minimum atomic E-state index is -0.185. The van der Waals surface area contributed by atoms with E-state index in [1.807, 2.05) is 18.5 Å². The van der Waals surface area contributed by atoms with Gasteiger partial charge in [-0.15, -0.1) is 0 Å². The molecule has 27 heavy (non-hydrogen) atoms. The molecule has 0 saturated carbocycles. The summed E-state index contributed by atoms with van der Waals surface area (Å²) in [7, 11) is 0. The topological polar surface area (TPSA) is 64.3 Å². The van der Waals surface area contributed by atoms with Gasteiger partial charge in [-0.2, -0.15) is 5.10 Å². The van der Waals surface area contributed by atoms with Crippen LogP contribution in [0.1, 0.15) is 38.4 Å². The number of nitrogens with zero attached hydrogens (tertiary/aromatic N) is 2. The number of benzene rings is 2. The number of carbonyl (C=O) groups excluding carboxylic acids is 1. The van der Waals surface area contributed by atoms with Gasteiger partial charge in [-0.05, 0) is 44.5 Å². The molecule has 1 N–H and O–H groups in total. The number of hydrogen-bond donors (Lipinski definition) is 1. The first-order chi connectivity index (χ1) is 12.9. The number of ether oxygens (including phenoxy) is 1. The Morgan fingerprint density at radius 2 is 1.85 bits per heavy atom. The van der Waals surface area contributed by atoms with Gasteiger partial charge in [0.05, 0.1) is 17.8 Å². The number of Topliss-reactive ketones (excluding diaryl/α,β-unsaturated/α-hetero) is 1. The van der Waals surface area contributed by atoms with Crippen molar-refractivity contribution in [2.75, 3.05) is 0 Å². The summed E-state index contributed by atoms with van der Waals surface area (Å²) >= 11 is 0. The van der Waals surface area contributed by atoms with Crippen molar-refractivity contribution in [3.63, 3.8) is 0 Å². The fraction of sp³-hybridized carbons (Fsp3) is 0.182. The molecule has 0 bridgehead atoms. The zero-order valence-electron chi connectivity index (χ0n) is 15.5. The molecular formula is C22H20N2O3. The lowest BCUT2D eigenvalue weighted by molar-refractivity contribution is 0.101. The second-order valence-electron chi connectivity index (χ2n) is 6.85. The van der Waals surface area contributed by atoms with Crippen LogP contribution in [-0.4, -0.2) is 20.7 Å². The highest BCUT2D eigenvalue weighted by atomic mass is 16.5. The number of aryl methyl sites for hydroxylation is 2. The number of carbonyl (C=O) groups is 1. The summed E-state index contributed by atoms with van der Waals surface area (Å²) < 4.78 is 7.60. The van der Waals surface area contributed by atoms with Gasteiger partial charge in [0.2, 0.25) is 5.78 Å². The number of phenols is 1. The number of fused-ring (bicyclic) bond motifs is 1. The van der Waals surface area contributed by atoms with Crippen molar-refractivity contribution in [3.8, 4) is 11.5 Å². The van der Waals surface area contributed by atoms with Crippen molar-refractivity contribution in [1.29, 1.82) is 0 Å². The average molecular weight is 360 g/mol. The van der Waals surface area contributed by atoms with Gasteiger partial charge in [0.25, 0.3) is 0 Å². The van der Waals surface area contributed by atoms with Crippen LogP contribution in [0, 0.1) is 20.8 Å². The molecule has 0 fully saturated rings. The van der Waals surface area contributed by atoms with Gasteiger partial charge in [0, 0.05) is 17.3 Å². The van der Waals surface area contributed by atoms with Crippen molar-refractivity contribution < 1.29 is 14.6 Å². The summed E-state index contributed by atoms with van der Waals surface area (Å²) in [5, 5.41) is 14.2. The van der Waals surface area contributed by atoms with Crippen LogP contribution in [0.3, 0.4) is 0 Å². The Labute approximate surface area is 157 Å². The highest BCUT2D eigenvalue weighted by Gasteiger charge is 2.28. The molecule has 0 amide bonds. The lowest BCUT2D eigenvalue weighted by Gasteiger charge is -2.05. The van der Waals surface area contributed by atoms with E-state index in [0.29, 0.717) is 17.9 Å². The fourth-order valence-corrected chi connectivity index (χ4v) is 3.25. The number of hydrogen-bond acceptors (Lipinski definition) is 4. The quantitative estimate of drug-likeness (QED) is 0.712. The van der Waals surface area contributed by atoms with Gasteiger partial charge < -0.3 is 9.84 Å². The zero-order chi connectivity index (χ0) is 19.1. The molecule has 0 atom stereocenters. The zero-order valence-corrected chi connectivity index (χ0v) is 15.5. The second kappa shape index (κ2) is 6.43. The van der Waals surface area contributed by atoms with E-state index in [2.05, 4.69) is 36.3 Å². The molecule has 0 saturated heterocycles. The third kappa shape index (κ3) is 3.12. The minimum Gasteiger partial charge on any atom is -0.508 e. The van der Waals surface area contributed by atoms with Gasteiger partial charge in [0.15, 0.2) is 5.76 Å². The lowest BCUT2D eigenvalue weighted by atomic mass is 10.1. The van der Waals surface area contributed by atoms with Crippen LogP contribution in [0.15, 0.2) is 48.2 Å². The number of phenolic OH excluding ortho intramolecular Hbond substituents is 1. The van der Waals surface area contributed by atoms with E-state index < -0.39 is 0 Å². The van der Waals surface area contributed by atoms with E-state index in [1.54, 1.807) is 12.1 Å². The van der Waals surface area contributed by atoms with Crippen LogP contribution in [-0.2, 0) is 6.54 Å². The first-order valence-electron chi connectivity index (χ1n) is 8.79. The predicted molar refractivity (Wildman–Crippen MR) is 103 cm³/mol. The summed E-state index contributed by atoms with van der Waals surface area (Å²) in [6.07, 6.45) is 1.74. The summed E-state index contributed by atoms with van der Waals surface area (Å²) in [5.74, 6) is 0.515. The largest absolute Gasteiger partial charge is 0.508 e. The SMILES string of the molecule is Cc1ccc(Cn2nc(C)c(/C=C3\Oc4cc(O)ccc4C3=O)c2C)cc1. The van der Waals surface area contributed by atoms with Gasteiger partial charge in [-0.25, -0.2) is 0 Å². The highest BCUT2D eigenvalue weighted by Crippen LogP contribution is 2.35.